The SMILES string of the molecule is BrCC1CC2CCCCC2C1. The summed E-state index contributed by atoms with van der Waals surface area (Å²) in [6, 6.07) is 0. The van der Waals surface area contributed by atoms with Crippen LogP contribution in [0.15, 0.2) is 0 Å². The molecule has 0 heterocycles. The second-order valence-electron chi connectivity index (χ2n) is 4.30. The summed E-state index contributed by atoms with van der Waals surface area (Å²) in [5.74, 6) is 3.25. The molecule has 2 unspecified atom stereocenters. The maximum absolute atomic E-state index is 3.61. The van der Waals surface area contributed by atoms with Crippen molar-refractivity contribution in [3.8, 4) is 0 Å². The van der Waals surface area contributed by atoms with E-state index < -0.39 is 0 Å². The molecule has 2 aliphatic rings. The number of alkyl halides is 1. The Morgan fingerprint density at radius 1 is 1.00 bits per heavy atom. The Bertz CT molecular complexity index is 119. The maximum Gasteiger partial charge on any atom is 0.00598 e. The highest BCUT2D eigenvalue weighted by Crippen LogP contribution is 2.45. The Morgan fingerprint density at radius 3 is 2.00 bits per heavy atom. The number of hydrogen-bond donors (Lipinski definition) is 0. The highest BCUT2D eigenvalue weighted by Gasteiger charge is 2.34. The predicted molar refractivity (Wildman–Crippen MR) is 52.0 cm³/mol. The van der Waals surface area contributed by atoms with E-state index in [1.54, 1.807) is 0 Å². The molecule has 2 saturated carbocycles. The molecule has 2 aliphatic carbocycles. The minimum Gasteiger partial charge on any atom is -0.0925 e. The molecular formula is C10H17Br. The third-order valence-electron chi connectivity index (χ3n) is 3.56. The van der Waals surface area contributed by atoms with Crippen molar-refractivity contribution in [1.82, 2.24) is 0 Å². The summed E-state index contributed by atoms with van der Waals surface area (Å²) in [7, 11) is 0. The van der Waals surface area contributed by atoms with Crippen LogP contribution in [0.2, 0.25) is 0 Å². The lowest BCUT2D eigenvalue weighted by Crippen LogP contribution is -2.12. The number of hydrogen-bond acceptors (Lipinski definition) is 0. The van der Waals surface area contributed by atoms with Gasteiger partial charge in [0.25, 0.3) is 0 Å². The Balaban J connectivity index is 1.92. The van der Waals surface area contributed by atoms with Gasteiger partial charge in [-0.15, -0.1) is 0 Å². The van der Waals surface area contributed by atoms with E-state index in [0.717, 1.165) is 17.8 Å². The third-order valence-corrected chi connectivity index (χ3v) is 4.47. The van der Waals surface area contributed by atoms with Crippen molar-refractivity contribution in [2.24, 2.45) is 17.8 Å². The van der Waals surface area contributed by atoms with Crippen LogP contribution in [0.4, 0.5) is 0 Å². The minimum atomic E-state index is 1.02. The van der Waals surface area contributed by atoms with E-state index in [0.29, 0.717) is 0 Å². The standard InChI is InChI=1S/C10H17Br/c11-7-8-5-9-3-1-2-4-10(9)6-8/h8-10H,1-7H2. The first kappa shape index (κ1) is 8.10. The first-order valence-electron chi connectivity index (χ1n) is 4.96. The molecule has 0 N–H and O–H groups in total. The monoisotopic (exact) mass is 216 g/mol. The van der Waals surface area contributed by atoms with Gasteiger partial charge in [-0.3, -0.25) is 0 Å². The molecule has 0 aromatic heterocycles. The Kier molecular flexibility index (Phi) is 2.55. The van der Waals surface area contributed by atoms with Gasteiger partial charge in [-0.2, -0.15) is 0 Å². The Labute approximate surface area is 77.9 Å². The zero-order chi connectivity index (χ0) is 7.68. The van der Waals surface area contributed by atoms with E-state index in [1.165, 1.54) is 43.9 Å². The van der Waals surface area contributed by atoms with E-state index in [4.69, 9.17) is 0 Å². The summed E-state index contributed by atoms with van der Waals surface area (Å²) in [5, 5.41) is 1.25. The van der Waals surface area contributed by atoms with Crippen molar-refractivity contribution >= 4 is 15.9 Å². The molecule has 0 aromatic carbocycles. The number of rotatable bonds is 1. The Hall–Kier alpha value is 0.480. The molecule has 0 nitrogen and oxygen atoms in total. The van der Waals surface area contributed by atoms with E-state index in [2.05, 4.69) is 15.9 Å². The van der Waals surface area contributed by atoms with Gasteiger partial charge < -0.3 is 0 Å². The fourth-order valence-electron chi connectivity index (χ4n) is 2.98. The molecular weight excluding hydrogens is 200 g/mol. The molecule has 64 valence electrons. The highest BCUT2D eigenvalue weighted by molar-refractivity contribution is 9.09. The normalized spacial score (nSPS) is 43.9. The topological polar surface area (TPSA) is 0 Å². The first-order chi connectivity index (χ1) is 5.40. The van der Waals surface area contributed by atoms with E-state index >= 15 is 0 Å². The molecule has 0 radical (unpaired) electrons. The molecule has 1 heteroatoms. The summed E-state index contributed by atoms with van der Waals surface area (Å²) in [6.07, 6.45) is 9.14. The maximum atomic E-state index is 3.61. The minimum absolute atomic E-state index is 1.02. The predicted octanol–water partition coefficient (Wildman–Crippen LogP) is 3.60. The second kappa shape index (κ2) is 3.47. The van der Waals surface area contributed by atoms with Crippen molar-refractivity contribution in [1.29, 1.82) is 0 Å². The fraction of sp³-hybridized carbons (Fsp3) is 1.00. The van der Waals surface area contributed by atoms with Crippen molar-refractivity contribution < 1.29 is 0 Å². The van der Waals surface area contributed by atoms with Crippen LogP contribution in [-0.2, 0) is 0 Å². The van der Waals surface area contributed by atoms with Gasteiger partial charge in [0.1, 0.15) is 0 Å². The van der Waals surface area contributed by atoms with Crippen molar-refractivity contribution in [3.63, 3.8) is 0 Å². The van der Waals surface area contributed by atoms with Crippen LogP contribution in [0.5, 0.6) is 0 Å². The zero-order valence-electron chi connectivity index (χ0n) is 7.06. The van der Waals surface area contributed by atoms with Gasteiger partial charge in [0.15, 0.2) is 0 Å². The van der Waals surface area contributed by atoms with Crippen LogP contribution in [0.25, 0.3) is 0 Å². The van der Waals surface area contributed by atoms with Gasteiger partial charge in [-0.25, -0.2) is 0 Å². The van der Waals surface area contributed by atoms with Gasteiger partial charge in [0, 0.05) is 5.33 Å². The fourth-order valence-corrected chi connectivity index (χ4v) is 3.51. The van der Waals surface area contributed by atoms with Gasteiger partial charge in [-0.1, -0.05) is 41.6 Å². The van der Waals surface area contributed by atoms with Crippen LogP contribution < -0.4 is 0 Å². The summed E-state index contributed by atoms with van der Waals surface area (Å²) in [5.41, 5.74) is 0. The molecule has 0 aromatic rings. The molecule has 2 atom stereocenters. The van der Waals surface area contributed by atoms with Crippen LogP contribution in [-0.4, -0.2) is 5.33 Å². The summed E-state index contributed by atoms with van der Waals surface area (Å²) >= 11 is 3.61. The average molecular weight is 217 g/mol. The van der Waals surface area contributed by atoms with Crippen LogP contribution >= 0.6 is 15.9 Å². The molecule has 0 aliphatic heterocycles. The van der Waals surface area contributed by atoms with Gasteiger partial charge >= 0.3 is 0 Å². The smallest absolute Gasteiger partial charge is 0.00598 e. The van der Waals surface area contributed by atoms with E-state index in [-0.39, 0.29) is 0 Å². The lowest BCUT2D eigenvalue weighted by Gasteiger charge is -2.24. The third kappa shape index (κ3) is 1.63. The first-order valence-corrected chi connectivity index (χ1v) is 6.08. The summed E-state index contributed by atoms with van der Waals surface area (Å²) in [4.78, 5) is 0. The largest absolute Gasteiger partial charge is 0.0925 e. The second-order valence-corrected chi connectivity index (χ2v) is 4.94. The van der Waals surface area contributed by atoms with Crippen LogP contribution in [0.3, 0.4) is 0 Å². The van der Waals surface area contributed by atoms with E-state index in [9.17, 15) is 0 Å². The van der Waals surface area contributed by atoms with Crippen molar-refractivity contribution in [2.75, 3.05) is 5.33 Å². The summed E-state index contributed by atoms with van der Waals surface area (Å²) in [6.45, 7) is 0. The number of fused-ring (bicyclic) bond motifs is 1. The van der Waals surface area contributed by atoms with E-state index in [1.807, 2.05) is 0 Å². The molecule has 0 bridgehead atoms. The molecule has 2 rings (SSSR count). The van der Waals surface area contributed by atoms with Gasteiger partial charge in [0.2, 0.25) is 0 Å². The molecule has 2 fully saturated rings. The van der Waals surface area contributed by atoms with Crippen molar-refractivity contribution in [2.45, 2.75) is 38.5 Å². The Morgan fingerprint density at radius 2 is 1.55 bits per heavy atom. The van der Waals surface area contributed by atoms with Crippen molar-refractivity contribution in [3.05, 3.63) is 0 Å². The lowest BCUT2D eigenvalue weighted by atomic mass is 9.82. The van der Waals surface area contributed by atoms with Gasteiger partial charge in [0.05, 0.1) is 0 Å². The lowest BCUT2D eigenvalue weighted by molar-refractivity contribution is 0.277. The van der Waals surface area contributed by atoms with Crippen LogP contribution in [0.1, 0.15) is 38.5 Å². The zero-order valence-corrected chi connectivity index (χ0v) is 8.65. The highest BCUT2D eigenvalue weighted by atomic mass is 79.9. The quantitative estimate of drug-likeness (QED) is 0.588. The number of halogens is 1. The molecule has 11 heavy (non-hydrogen) atoms. The average Bonchev–Trinajstić information content (AvgIpc) is 2.46. The molecule has 0 spiro atoms. The molecule has 0 amide bonds. The van der Waals surface area contributed by atoms with Crippen LogP contribution in [0, 0.1) is 17.8 Å². The van der Waals surface area contributed by atoms with Gasteiger partial charge in [-0.05, 0) is 30.6 Å². The molecule has 0 saturated heterocycles. The summed E-state index contributed by atoms with van der Waals surface area (Å²) < 4.78 is 0.